The van der Waals surface area contributed by atoms with Gasteiger partial charge in [0, 0.05) is 17.3 Å². The van der Waals surface area contributed by atoms with Crippen LogP contribution in [0.3, 0.4) is 0 Å². The number of hydrogen-bond donors (Lipinski definition) is 1. The van der Waals surface area contributed by atoms with Crippen molar-refractivity contribution in [2.75, 3.05) is 4.90 Å². The number of nitrogens with two attached hydrogens (primary N) is 1. The second-order valence-corrected chi connectivity index (χ2v) is 5.10. The van der Waals surface area contributed by atoms with Crippen LogP contribution in [0.15, 0.2) is 27.8 Å². The molecule has 1 aromatic heterocycles. The highest BCUT2D eigenvalue weighted by Gasteiger charge is 2.35. The maximum absolute atomic E-state index is 6.29. The molecule has 2 N–H and O–H groups in total. The standard InChI is InChI=1S/C11H14N4S/c1-7-9(8-2-3-8)10(12)15(6-14-7)11-13-4-5-16-11/h4-6,8,10H,2-3,12H2,1H3. The lowest BCUT2D eigenvalue weighted by molar-refractivity contribution is 0.710. The maximum atomic E-state index is 6.29. The number of nitrogens with zero attached hydrogens (tertiary/aromatic N) is 3. The fraction of sp³-hybridized carbons (Fsp3) is 0.455. The molecule has 1 aliphatic heterocycles. The summed E-state index contributed by atoms with van der Waals surface area (Å²) in [7, 11) is 0. The summed E-state index contributed by atoms with van der Waals surface area (Å²) in [6, 6.07) is 0. The molecule has 0 saturated heterocycles. The summed E-state index contributed by atoms with van der Waals surface area (Å²) >= 11 is 1.59. The van der Waals surface area contributed by atoms with E-state index < -0.39 is 0 Å². The van der Waals surface area contributed by atoms with Crippen LogP contribution in [0.5, 0.6) is 0 Å². The fourth-order valence-electron chi connectivity index (χ4n) is 2.10. The Labute approximate surface area is 98.5 Å². The van der Waals surface area contributed by atoms with E-state index in [1.54, 1.807) is 23.9 Å². The minimum Gasteiger partial charge on any atom is -0.307 e. The van der Waals surface area contributed by atoms with Gasteiger partial charge in [-0.2, -0.15) is 0 Å². The molecule has 2 heterocycles. The molecule has 1 unspecified atom stereocenters. The first kappa shape index (κ1) is 9.99. The van der Waals surface area contributed by atoms with E-state index in [1.165, 1.54) is 18.4 Å². The van der Waals surface area contributed by atoms with Crippen LogP contribution in [-0.4, -0.2) is 17.5 Å². The summed E-state index contributed by atoms with van der Waals surface area (Å²) < 4.78 is 0. The number of allylic oxidation sites excluding steroid dienone is 1. The molecule has 1 atom stereocenters. The average Bonchev–Trinajstić information content (AvgIpc) is 2.94. The highest BCUT2D eigenvalue weighted by molar-refractivity contribution is 7.13. The van der Waals surface area contributed by atoms with Crippen LogP contribution in [0.1, 0.15) is 19.8 Å². The number of thiazole rings is 1. The van der Waals surface area contributed by atoms with E-state index in [0.29, 0.717) is 5.92 Å². The van der Waals surface area contributed by atoms with E-state index >= 15 is 0 Å². The Bertz CT molecular complexity index is 445. The van der Waals surface area contributed by atoms with E-state index in [1.807, 2.05) is 17.2 Å². The Hall–Kier alpha value is -1.20. The van der Waals surface area contributed by atoms with Gasteiger partial charge < -0.3 is 5.73 Å². The van der Waals surface area contributed by atoms with Crippen molar-refractivity contribution in [3.63, 3.8) is 0 Å². The van der Waals surface area contributed by atoms with Crippen LogP contribution >= 0.6 is 11.3 Å². The van der Waals surface area contributed by atoms with Gasteiger partial charge >= 0.3 is 0 Å². The Morgan fingerprint density at radius 2 is 2.31 bits per heavy atom. The summed E-state index contributed by atoms with van der Waals surface area (Å²) in [5.41, 5.74) is 8.66. The molecule has 0 radical (unpaired) electrons. The number of rotatable bonds is 2. The van der Waals surface area contributed by atoms with Crippen molar-refractivity contribution < 1.29 is 0 Å². The van der Waals surface area contributed by atoms with Crippen LogP contribution in [0.2, 0.25) is 0 Å². The summed E-state index contributed by atoms with van der Waals surface area (Å²) in [6.07, 6.45) is 6.01. The van der Waals surface area contributed by atoms with Gasteiger partial charge in [0.25, 0.3) is 0 Å². The van der Waals surface area contributed by atoms with Crippen molar-refractivity contribution in [1.82, 2.24) is 4.98 Å². The Morgan fingerprint density at radius 3 is 2.94 bits per heavy atom. The van der Waals surface area contributed by atoms with Gasteiger partial charge in [-0.25, -0.2) is 9.98 Å². The topological polar surface area (TPSA) is 54.5 Å². The SMILES string of the molecule is CC1=C(C2CC2)C(N)N(c2nccs2)C=N1. The minimum absolute atomic E-state index is 0.0869. The van der Waals surface area contributed by atoms with E-state index in [9.17, 15) is 0 Å². The molecule has 1 fully saturated rings. The monoisotopic (exact) mass is 234 g/mol. The molecular weight excluding hydrogens is 220 g/mol. The van der Waals surface area contributed by atoms with Crippen LogP contribution in [0, 0.1) is 5.92 Å². The zero-order valence-corrected chi connectivity index (χ0v) is 9.94. The quantitative estimate of drug-likeness (QED) is 0.851. The Kier molecular flexibility index (Phi) is 2.29. The molecule has 1 aromatic rings. The molecule has 1 aliphatic carbocycles. The van der Waals surface area contributed by atoms with Crippen molar-refractivity contribution in [2.45, 2.75) is 25.9 Å². The second-order valence-electron chi connectivity index (χ2n) is 4.23. The lowest BCUT2D eigenvalue weighted by Crippen LogP contribution is -2.45. The summed E-state index contributed by atoms with van der Waals surface area (Å²) in [4.78, 5) is 10.7. The summed E-state index contributed by atoms with van der Waals surface area (Å²) in [6.45, 7) is 2.04. The van der Waals surface area contributed by atoms with Crippen molar-refractivity contribution in [3.05, 3.63) is 22.8 Å². The van der Waals surface area contributed by atoms with Gasteiger partial charge in [-0.05, 0) is 31.3 Å². The molecular formula is C11H14N4S. The third-order valence-corrected chi connectivity index (χ3v) is 3.85. The zero-order valence-electron chi connectivity index (χ0n) is 9.13. The number of anilines is 1. The van der Waals surface area contributed by atoms with Crippen molar-refractivity contribution >= 4 is 22.8 Å². The van der Waals surface area contributed by atoms with Gasteiger partial charge in [-0.15, -0.1) is 11.3 Å². The van der Waals surface area contributed by atoms with E-state index in [2.05, 4.69) is 9.98 Å². The van der Waals surface area contributed by atoms with Gasteiger partial charge in [-0.3, -0.25) is 4.90 Å². The first-order valence-electron chi connectivity index (χ1n) is 5.45. The highest BCUT2D eigenvalue weighted by atomic mass is 32.1. The lowest BCUT2D eigenvalue weighted by Gasteiger charge is -2.30. The molecule has 2 aliphatic rings. The molecule has 5 heteroatoms. The number of hydrogen-bond acceptors (Lipinski definition) is 5. The van der Waals surface area contributed by atoms with Crippen molar-refractivity contribution in [2.24, 2.45) is 16.6 Å². The molecule has 16 heavy (non-hydrogen) atoms. The molecule has 0 bridgehead atoms. The zero-order chi connectivity index (χ0) is 11.1. The summed E-state index contributed by atoms with van der Waals surface area (Å²) in [5, 5.41) is 2.87. The third kappa shape index (κ3) is 1.56. The van der Waals surface area contributed by atoms with Crippen LogP contribution < -0.4 is 10.6 Å². The normalized spacial score (nSPS) is 25.4. The Morgan fingerprint density at radius 1 is 1.50 bits per heavy atom. The maximum Gasteiger partial charge on any atom is 0.192 e. The van der Waals surface area contributed by atoms with Gasteiger partial charge in [-0.1, -0.05) is 0 Å². The van der Waals surface area contributed by atoms with Crippen molar-refractivity contribution in [3.8, 4) is 0 Å². The Balaban J connectivity index is 1.93. The average molecular weight is 234 g/mol. The molecule has 84 valence electrons. The van der Waals surface area contributed by atoms with Crippen LogP contribution in [0.25, 0.3) is 0 Å². The molecule has 0 amide bonds. The van der Waals surface area contributed by atoms with Crippen molar-refractivity contribution in [1.29, 1.82) is 0 Å². The highest BCUT2D eigenvalue weighted by Crippen LogP contribution is 2.41. The lowest BCUT2D eigenvalue weighted by atomic mass is 10.0. The van der Waals surface area contributed by atoms with E-state index in [0.717, 1.165) is 10.8 Å². The predicted octanol–water partition coefficient (Wildman–Crippen LogP) is 1.96. The van der Waals surface area contributed by atoms with Gasteiger partial charge in [0.2, 0.25) is 0 Å². The fourth-order valence-corrected chi connectivity index (χ4v) is 2.75. The number of aliphatic imine (C=N–C) groups is 1. The molecule has 4 nitrogen and oxygen atoms in total. The third-order valence-electron chi connectivity index (χ3n) is 3.07. The molecule has 3 rings (SSSR count). The summed E-state index contributed by atoms with van der Waals surface area (Å²) in [5.74, 6) is 0.648. The molecule has 0 spiro atoms. The first-order chi connectivity index (χ1) is 7.77. The first-order valence-corrected chi connectivity index (χ1v) is 6.33. The van der Waals surface area contributed by atoms with Gasteiger partial charge in [0.15, 0.2) is 5.13 Å². The van der Waals surface area contributed by atoms with E-state index in [-0.39, 0.29) is 6.17 Å². The van der Waals surface area contributed by atoms with Gasteiger partial charge in [0.05, 0.1) is 6.34 Å². The number of aromatic nitrogens is 1. The second kappa shape index (κ2) is 3.68. The molecule has 1 saturated carbocycles. The van der Waals surface area contributed by atoms with Gasteiger partial charge in [0.1, 0.15) is 6.17 Å². The van der Waals surface area contributed by atoms with E-state index in [4.69, 9.17) is 5.73 Å². The minimum atomic E-state index is -0.0869. The smallest absolute Gasteiger partial charge is 0.192 e. The molecule has 0 aromatic carbocycles. The predicted molar refractivity (Wildman–Crippen MR) is 66.5 cm³/mol. The van der Waals surface area contributed by atoms with Crippen LogP contribution in [0.4, 0.5) is 5.13 Å². The largest absolute Gasteiger partial charge is 0.307 e. The van der Waals surface area contributed by atoms with Crippen LogP contribution in [-0.2, 0) is 0 Å².